The van der Waals surface area contributed by atoms with Gasteiger partial charge in [0.05, 0.1) is 24.6 Å². The number of allylic oxidation sites excluding steroid dienone is 1. The summed E-state index contributed by atoms with van der Waals surface area (Å²) in [7, 11) is 0. The maximum absolute atomic E-state index is 12.5. The first-order valence-electron chi connectivity index (χ1n) is 8.61. The molecule has 0 fully saturated rings. The maximum Gasteiger partial charge on any atom is 0.320 e. The summed E-state index contributed by atoms with van der Waals surface area (Å²) in [6.45, 7) is 10.7. The predicted octanol–water partition coefficient (Wildman–Crippen LogP) is 3.12. The largest absolute Gasteiger partial charge is 0.462 e. The summed E-state index contributed by atoms with van der Waals surface area (Å²) in [5.74, 6) is -2.38. The van der Waals surface area contributed by atoms with Crippen molar-refractivity contribution in [3.63, 3.8) is 0 Å². The lowest BCUT2D eigenvalue weighted by atomic mass is 9.99. The van der Waals surface area contributed by atoms with Gasteiger partial charge < -0.3 is 14.0 Å². The van der Waals surface area contributed by atoms with E-state index in [0.717, 1.165) is 0 Å². The summed E-state index contributed by atoms with van der Waals surface area (Å²) < 4.78 is 12.2. The number of fused-ring (bicyclic) bond motifs is 1. The van der Waals surface area contributed by atoms with Crippen LogP contribution in [0.5, 0.6) is 0 Å². The monoisotopic (exact) mass is 394 g/mol. The summed E-state index contributed by atoms with van der Waals surface area (Å²) in [6, 6.07) is -0.453. The molecular weight excluding hydrogens is 372 g/mol. The SMILES string of the molecule is C=CC(CC(C(=O)OC(C)C)C(=O)OC(C)C)n1cnc2c(Cl)ncnc21. The number of nitrogens with zero attached hydrogens (tertiary/aromatic N) is 4. The highest BCUT2D eigenvalue weighted by Gasteiger charge is 2.34. The van der Waals surface area contributed by atoms with E-state index in [9.17, 15) is 9.59 Å². The molecule has 2 heterocycles. The van der Waals surface area contributed by atoms with Gasteiger partial charge in [-0.1, -0.05) is 17.7 Å². The Bertz CT molecular complexity index is 812. The number of rotatable bonds is 8. The highest BCUT2D eigenvalue weighted by atomic mass is 35.5. The molecule has 0 aliphatic rings. The van der Waals surface area contributed by atoms with E-state index >= 15 is 0 Å². The van der Waals surface area contributed by atoms with Crippen molar-refractivity contribution in [2.24, 2.45) is 5.92 Å². The Hall–Kier alpha value is -2.48. The van der Waals surface area contributed by atoms with E-state index in [1.54, 1.807) is 38.3 Å². The molecule has 0 bridgehead atoms. The summed E-state index contributed by atoms with van der Waals surface area (Å²) in [6.07, 6.45) is 3.84. The van der Waals surface area contributed by atoms with E-state index in [0.29, 0.717) is 11.2 Å². The minimum atomic E-state index is -1.10. The molecule has 2 rings (SSSR count). The first-order chi connectivity index (χ1) is 12.7. The van der Waals surface area contributed by atoms with E-state index in [4.69, 9.17) is 21.1 Å². The first kappa shape index (κ1) is 20.8. The van der Waals surface area contributed by atoms with Gasteiger partial charge in [-0.05, 0) is 34.1 Å². The van der Waals surface area contributed by atoms with Crippen LogP contribution in [0.1, 0.15) is 40.2 Å². The van der Waals surface area contributed by atoms with Crippen LogP contribution in [0.25, 0.3) is 11.2 Å². The van der Waals surface area contributed by atoms with Crippen molar-refractivity contribution in [1.82, 2.24) is 19.5 Å². The Labute approximate surface area is 162 Å². The molecule has 1 atom stereocenters. The highest BCUT2D eigenvalue weighted by Crippen LogP contribution is 2.27. The van der Waals surface area contributed by atoms with Crippen LogP contribution >= 0.6 is 11.6 Å². The standard InChI is InChI=1S/C18H23ClN4O4/c1-6-12(23-9-22-14-15(19)20-8-21-16(14)23)7-13(17(24)26-10(2)3)18(25)27-11(4)5/h6,8-13H,1,7H2,2-5H3. The molecule has 9 heteroatoms. The smallest absolute Gasteiger partial charge is 0.320 e. The number of aromatic nitrogens is 4. The fraction of sp³-hybridized carbons (Fsp3) is 0.500. The Kier molecular flexibility index (Phi) is 6.90. The summed E-state index contributed by atoms with van der Waals surface area (Å²) in [5, 5.41) is 0.219. The molecule has 0 aliphatic heterocycles. The molecule has 0 spiro atoms. The lowest BCUT2D eigenvalue weighted by Crippen LogP contribution is -2.33. The quantitative estimate of drug-likeness (QED) is 0.293. The average molecular weight is 395 g/mol. The molecule has 0 aliphatic carbocycles. The van der Waals surface area contributed by atoms with E-state index in [-0.39, 0.29) is 23.8 Å². The van der Waals surface area contributed by atoms with Gasteiger partial charge in [0.15, 0.2) is 16.7 Å². The zero-order valence-electron chi connectivity index (χ0n) is 15.8. The number of halogens is 1. The van der Waals surface area contributed by atoms with Gasteiger partial charge in [0, 0.05) is 0 Å². The van der Waals surface area contributed by atoms with Gasteiger partial charge in [0.2, 0.25) is 0 Å². The van der Waals surface area contributed by atoms with E-state index in [2.05, 4.69) is 21.5 Å². The van der Waals surface area contributed by atoms with E-state index in [1.165, 1.54) is 12.7 Å². The van der Waals surface area contributed by atoms with Crippen LogP contribution in [0.15, 0.2) is 25.3 Å². The van der Waals surface area contributed by atoms with Crippen LogP contribution in [0, 0.1) is 5.92 Å². The number of carbonyl (C=O) groups is 2. The second kappa shape index (κ2) is 8.94. The van der Waals surface area contributed by atoms with Crippen molar-refractivity contribution < 1.29 is 19.1 Å². The predicted molar refractivity (Wildman–Crippen MR) is 100 cm³/mol. The molecule has 2 aromatic rings. The molecule has 1 unspecified atom stereocenters. The second-order valence-electron chi connectivity index (χ2n) is 6.55. The number of esters is 2. The fourth-order valence-corrected chi connectivity index (χ4v) is 2.73. The van der Waals surface area contributed by atoms with Crippen molar-refractivity contribution in [1.29, 1.82) is 0 Å². The fourth-order valence-electron chi connectivity index (χ4n) is 2.55. The third-order valence-electron chi connectivity index (χ3n) is 3.69. The van der Waals surface area contributed by atoms with Gasteiger partial charge in [-0.15, -0.1) is 6.58 Å². The number of carbonyl (C=O) groups excluding carboxylic acids is 2. The van der Waals surface area contributed by atoms with Gasteiger partial charge in [-0.25, -0.2) is 15.0 Å². The third-order valence-corrected chi connectivity index (χ3v) is 3.97. The molecule has 27 heavy (non-hydrogen) atoms. The van der Waals surface area contributed by atoms with E-state index in [1.807, 2.05) is 0 Å². The summed E-state index contributed by atoms with van der Waals surface area (Å²) in [4.78, 5) is 37.3. The molecular formula is C18H23ClN4O4. The zero-order chi connectivity index (χ0) is 20.1. The summed E-state index contributed by atoms with van der Waals surface area (Å²) in [5.41, 5.74) is 0.908. The Balaban J connectivity index is 2.34. The number of ether oxygens (including phenoxy) is 2. The van der Waals surface area contributed by atoms with Crippen LogP contribution < -0.4 is 0 Å². The van der Waals surface area contributed by atoms with Crippen molar-refractivity contribution in [2.45, 2.75) is 52.4 Å². The molecule has 0 N–H and O–H groups in total. The van der Waals surface area contributed by atoms with Gasteiger partial charge in [-0.2, -0.15) is 0 Å². The van der Waals surface area contributed by atoms with Crippen LogP contribution in [0.2, 0.25) is 5.15 Å². The Morgan fingerprint density at radius 3 is 2.26 bits per heavy atom. The molecule has 0 amide bonds. The number of hydrogen-bond acceptors (Lipinski definition) is 7. The normalized spacial score (nSPS) is 12.6. The molecule has 8 nitrogen and oxygen atoms in total. The van der Waals surface area contributed by atoms with Gasteiger partial charge in [-0.3, -0.25) is 9.59 Å². The molecule has 2 aromatic heterocycles. The Morgan fingerprint density at radius 2 is 1.74 bits per heavy atom. The van der Waals surface area contributed by atoms with Crippen molar-refractivity contribution >= 4 is 34.7 Å². The minimum Gasteiger partial charge on any atom is -0.462 e. The second-order valence-corrected chi connectivity index (χ2v) is 6.91. The average Bonchev–Trinajstić information content (AvgIpc) is 2.99. The van der Waals surface area contributed by atoms with Crippen LogP contribution in [-0.4, -0.2) is 43.7 Å². The lowest BCUT2D eigenvalue weighted by molar-refractivity contribution is -0.167. The maximum atomic E-state index is 12.5. The number of imidazole rings is 1. The van der Waals surface area contributed by atoms with E-state index < -0.39 is 23.9 Å². The van der Waals surface area contributed by atoms with Crippen molar-refractivity contribution in [3.05, 3.63) is 30.5 Å². The van der Waals surface area contributed by atoms with Crippen LogP contribution in [0.3, 0.4) is 0 Å². The first-order valence-corrected chi connectivity index (χ1v) is 8.99. The number of hydrogen-bond donors (Lipinski definition) is 0. The molecule has 0 saturated carbocycles. The Morgan fingerprint density at radius 1 is 1.15 bits per heavy atom. The minimum absolute atomic E-state index is 0.0910. The van der Waals surface area contributed by atoms with Crippen molar-refractivity contribution in [3.8, 4) is 0 Å². The molecule has 0 aromatic carbocycles. The molecule has 146 valence electrons. The topological polar surface area (TPSA) is 96.2 Å². The van der Waals surface area contributed by atoms with Gasteiger partial charge in [0.1, 0.15) is 11.8 Å². The lowest BCUT2D eigenvalue weighted by Gasteiger charge is -2.22. The van der Waals surface area contributed by atoms with Crippen LogP contribution in [0.4, 0.5) is 0 Å². The van der Waals surface area contributed by atoms with Crippen LogP contribution in [-0.2, 0) is 19.1 Å². The van der Waals surface area contributed by atoms with Crippen molar-refractivity contribution in [2.75, 3.05) is 0 Å². The highest BCUT2D eigenvalue weighted by molar-refractivity contribution is 6.33. The zero-order valence-corrected chi connectivity index (χ0v) is 16.5. The third kappa shape index (κ3) is 5.03. The molecule has 0 saturated heterocycles. The van der Waals surface area contributed by atoms with Gasteiger partial charge >= 0.3 is 11.9 Å². The molecule has 0 radical (unpaired) electrons. The van der Waals surface area contributed by atoms with Gasteiger partial charge in [0.25, 0.3) is 0 Å². The summed E-state index contributed by atoms with van der Waals surface area (Å²) >= 11 is 6.04.